The van der Waals surface area contributed by atoms with Gasteiger partial charge in [0.15, 0.2) is 0 Å². The number of hydrogen-bond acceptors (Lipinski definition) is 2. The van der Waals surface area contributed by atoms with Gasteiger partial charge in [-0.3, -0.25) is 9.59 Å². The van der Waals surface area contributed by atoms with Gasteiger partial charge >= 0.3 is 5.97 Å². The number of aliphatic carboxylic acids is 1. The second kappa shape index (κ2) is 5.61. The number of rotatable bonds is 3. The van der Waals surface area contributed by atoms with Crippen LogP contribution in [0.1, 0.15) is 29.6 Å². The number of carboxylic acids is 1. The summed E-state index contributed by atoms with van der Waals surface area (Å²) in [7, 11) is 0. The summed E-state index contributed by atoms with van der Waals surface area (Å²) < 4.78 is 0.799. The van der Waals surface area contributed by atoms with Gasteiger partial charge in [0, 0.05) is 10.5 Å². The summed E-state index contributed by atoms with van der Waals surface area (Å²) in [4.78, 5) is 23.8. The molecule has 21 heavy (non-hydrogen) atoms. The summed E-state index contributed by atoms with van der Waals surface area (Å²) in [5.41, 5.74) is 0.381. The maximum absolute atomic E-state index is 12.4. The highest BCUT2D eigenvalue weighted by Crippen LogP contribution is 2.48. The first-order valence-electron chi connectivity index (χ1n) is 6.96. The normalized spacial score (nSPS) is 30.4. The van der Waals surface area contributed by atoms with Crippen molar-refractivity contribution < 1.29 is 14.7 Å². The van der Waals surface area contributed by atoms with Crippen LogP contribution >= 0.6 is 27.5 Å². The Kier molecular flexibility index (Phi) is 3.97. The lowest BCUT2D eigenvalue weighted by Gasteiger charge is -2.29. The topological polar surface area (TPSA) is 66.4 Å². The van der Waals surface area contributed by atoms with Gasteiger partial charge in [0.1, 0.15) is 0 Å². The van der Waals surface area contributed by atoms with E-state index >= 15 is 0 Å². The Morgan fingerprint density at radius 2 is 2.00 bits per heavy atom. The summed E-state index contributed by atoms with van der Waals surface area (Å²) in [6, 6.07) is 4.76. The minimum Gasteiger partial charge on any atom is -0.481 e. The molecule has 1 aromatic rings. The number of hydrogen-bond donors (Lipinski definition) is 2. The lowest BCUT2D eigenvalue weighted by molar-refractivity contribution is -0.144. The Labute approximate surface area is 136 Å². The van der Waals surface area contributed by atoms with E-state index in [9.17, 15) is 14.7 Å². The van der Waals surface area contributed by atoms with E-state index in [0.29, 0.717) is 10.6 Å². The van der Waals surface area contributed by atoms with Crippen LogP contribution in [-0.2, 0) is 4.79 Å². The quantitative estimate of drug-likeness (QED) is 0.855. The Hall–Kier alpha value is -1.07. The second-order valence-electron chi connectivity index (χ2n) is 5.82. The first kappa shape index (κ1) is 14.9. The standard InChI is InChI=1S/C15H15BrClNO3/c16-9-3-4-10(11(17)6-9)14(19)18-13-8-2-1-7(5-8)12(13)15(20)21/h3-4,6-8,12-13H,1-2,5H2,(H,18,19)(H,20,21). The first-order chi connectivity index (χ1) is 9.97. The Morgan fingerprint density at radius 1 is 1.29 bits per heavy atom. The lowest BCUT2D eigenvalue weighted by Crippen LogP contribution is -2.46. The Bertz CT molecular complexity index is 607. The molecule has 1 aromatic carbocycles. The molecule has 4 atom stereocenters. The Morgan fingerprint density at radius 3 is 2.67 bits per heavy atom. The summed E-state index contributed by atoms with van der Waals surface area (Å²) in [6.45, 7) is 0. The molecule has 2 aliphatic carbocycles. The fourth-order valence-corrected chi connectivity index (χ4v) is 4.52. The molecular formula is C15H15BrClNO3. The number of halogens is 2. The summed E-state index contributed by atoms with van der Waals surface area (Å²) in [5, 5.41) is 12.7. The van der Waals surface area contributed by atoms with Gasteiger partial charge in [-0.05, 0) is 49.3 Å². The molecule has 2 aliphatic rings. The molecule has 6 heteroatoms. The van der Waals surface area contributed by atoms with Crippen LogP contribution in [0.15, 0.2) is 22.7 Å². The van der Waals surface area contributed by atoms with Gasteiger partial charge in [0.2, 0.25) is 0 Å². The van der Waals surface area contributed by atoms with Crippen LogP contribution in [0.3, 0.4) is 0 Å². The van der Waals surface area contributed by atoms with E-state index in [1.807, 2.05) is 0 Å². The molecule has 3 rings (SSSR count). The van der Waals surface area contributed by atoms with Crippen molar-refractivity contribution in [1.82, 2.24) is 5.32 Å². The predicted molar refractivity (Wildman–Crippen MR) is 82.4 cm³/mol. The van der Waals surface area contributed by atoms with Gasteiger partial charge in [0.25, 0.3) is 5.91 Å². The van der Waals surface area contributed by atoms with E-state index < -0.39 is 11.9 Å². The molecule has 4 nitrogen and oxygen atoms in total. The molecule has 0 saturated heterocycles. The van der Waals surface area contributed by atoms with Crippen molar-refractivity contribution in [2.75, 3.05) is 0 Å². The monoisotopic (exact) mass is 371 g/mol. The highest BCUT2D eigenvalue weighted by molar-refractivity contribution is 9.10. The first-order valence-corrected chi connectivity index (χ1v) is 8.13. The van der Waals surface area contributed by atoms with E-state index in [1.54, 1.807) is 18.2 Å². The van der Waals surface area contributed by atoms with E-state index in [2.05, 4.69) is 21.2 Å². The van der Waals surface area contributed by atoms with E-state index in [0.717, 1.165) is 23.7 Å². The molecule has 2 bridgehead atoms. The fourth-order valence-electron chi connectivity index (χ4n) is 3.76. The third-order valence-electron chi connectivity index (χ3n) is 4.68. The molecule has 1 amide bonds. The van der Waals surface area contributed by atoms with Crippen LogP contribution in [0.5, 0.6) is 0 Å². The second-order valence-corrected chi connectivity index (χ2v) is 7.14. The molecule has 4 unspecified atom stereocenters. The van der Waals surface area contributed by atoms with Crippen LogP contribution in [-0.4, -0.2) is 23.0 Å². The van der Waals surface area contributed by atoms with Gasteiger partial charge < -0.3 is 10.4 Å². The molecule has 0 aromatic heterocycles. The van der Waals surface area contributed by atoms with Crippen molar-refractivity contribution in [3.8, 4) is 0 Å². The zero-order chi connectivity index (χ0) is 15.1. The number of carbonyl (C=O) groups excluding carboxylic acids is 1. The number of carboxylic acid groups (broad SMARTS) is 1. The summed E-state index contributed by atoms with van der Waals surface area (Å²) >= 11 is 9.38. The average molecular weight is 373 g/mol. The molecule has 2 fully saturated rings. The number of nitrogens with one attached hydrogen (secondary N) is 1. The maximum atomic E-state index is 12.4. The van der Waals surface area contributed by atoms with Crippen LogP contribution in [0.25, 0.3) is 0 Å². The predicted octanol–water partition coefficient (Wildman–Crippen LogP) is 3.33. The number of fused-ring (bicyclic) bond motifs is 2. The molecule has 112 valence electrons. The molecule has 2 N–H and O–H groups in total. The van der Waals surface area contributed by atoms with E-state index in [-0.39, 0.29) is 23.8 Å². The minimum absolute atomic E-state index is 0.193. The fraction of sp³-hybridized carbons (Fsp3) is 0.467. The van der Waals surface area contributed by atoms with Gasteiger partial charge in [-0.2, -0.15) is 0 Å². The minimum atomic E-state index is -0.811. The highest BCUT2D eigenvalue weighted by atomic mass is 79.9. The van der Waals surface area contributed by atoms with Gasteiger partial charge in [-0.25, -0.2) is 0 Å². The van der Waals surface area contributed by atoms with Gasteiger partial charge in [-0.15, -0.1) is 0 Å². The van der Waals surface area contributed by atoms with Crippen LogP contribution < -0.4 is 5.32 Å². The highest BCUT2D eigenvalue weighted by Gasteiger charge is 2.51. The van der Waals surface area contributed by atoms with E-state index in [1.165, 1.54) is 0 Å². The van der Waals surface area contributed by atoms with Crippen molar-refractivity contribution in [2.45, 2.75) is 25.3 Å². The molecule has 2 saturated carbocycles. The summed E-state index contributed by atoms with van der Waals surface area (Å²) in [5.74, 6) is -1.11. The molecule has 0 spiro atoms. The van der Waals surface area contributed by atoms with E-state index in [4.69, 9.17) is 11.6 Å². The SMILES string of the molecule is O=C(NC1C2CCC(C2)C1C(=O)O)c1ccc(Br)cc1Cl. The third-order valence-corrected chi connectivity index (χ3v) is 5.48. The van der Waals surface area contributed by atoms with Crippen molar-refractivity contribution in [2.24, 2.45) is 17.8 Å². The zero-order valence-corrected chi connectivity index (χ0v) is 13.5. The molecule has 0 heterocycles. The average Bonchev–Trinajstić information content (AvgIpc) is 2.98. The van der Waals surface area contributed by atoms with Gasteiger partial charge in [0.05, 0.1) is 16.5 Å². The van der Waals surface area contributed by atoms with Crippen LogP contribution in [0.2, 0.25) is 5.02 Å². The number of benzene rings is 1. The smallest absolute Gasteiger partial charge is 0.308 e. The summed E-state index contributed by atoms with van der Waals surface area (Å²) in [6.07, 6.45) is 2.84. The Balaban J connectivity index is 1.79. The largest absolute Gasteiger partial charge is 0.481 e. The number of amides is 1. The maximum Gasteiger partial charge on any atom is 0.308 e. The lowest BCUT2D eigenvalue weighted by atomic mass is 9.84. The van der Waals surface area contributed by atoms with Crippen LogP contribution in [0.4, 0.5) is 0 Å². The molecular weight excluding hydrogens is 358 g/mol. The van der Waals surface area contributed by atoms with Crippen molar-refractivity contribution in [3.63, 3.8) is 0 Å². The number of carbonyl (C=O) groups is 2. The van der Waals surface area contributed by atoms with Crippen molar-refractivity contribution in [1.29, 1.82) is 0 Å². The van der Waals surface area contributed by atoms with Gasteiger partial charge in [-0.1, -0.05) is 27.5 Å². The van der Waals surface area contributed by atoms with Crippen LogP contribution in [0, 0.1) is 17.8 Å². The van der Waals surface area contributed by atoms with Crippen molar-refractivity contribution >= 4 is 39.4 Å². The van der Waals surface area contributed by atoms with Crippen molar-refractivity contribution in [3.05, 3.63) is 33.3 Å². The molecule has 0 aliphatic heterocycles. The third kappa shape index (κ3) is 2.69. The zero-order valence-electron chi connectivity index (χ0n) is 11.2. The molecule has 0 radical (unpaired) electrons.